The molecule has 2 nitrogen and oxygen atoms in total. The first kappa shape index (κ1) is 14.1. The van der Waals surface area contributed by atoms with Crippen LogP contribution in [0.3, 0.4) is 0 Å². The number of hydrogen-bond acceptors (Lipinski definition) is 3. The zero-order valence-corrected chi connectivity index (χ0v) is 12.9. The summed E-state index contributed by atoms with van der Waals surface area (Å²) in [6, 6.07) is 8.52. The highest BCUT2D eigenvalue weighted by Gasteiger charge is 2.05. The number of thioether (sulfide) groups is 1. The van der Waals surface area contributed by atoms with Crippen LogP contribution in [0.5, 0.6) is 0 Å². The molecule has 0 unspecified atom stereocenters. The summed E-state index contributed by atoms with van der Waals surface area (Å²) in [4.78, 5) is 0. The second-order valence-electron chi connectivity index (χ2n) is 4.93. The molecule has 1 aromatic heterocycles. The first-order valence-electron chi connectivity index (χ1n) is 6.48. The highest BCUT2D eigenvalue weighted by Crippen LogP contribution is 2.23. The van der Waals surface area contributed by atoms with Crippen molar-refractivity contribution in [2.24, 2.45) is 0 Å². The molecular weight excluding hydrogens is 254 g/mol. The molecular formula is C16H21NOS. The molecule has 0 amide bonds. The van der Waals surface area contributed by atoms with Gasteiger partial charge in [0.25, 0.3) is 0 Å². The molecule has 2 rings (SSSR count). The Labute approximate surface area is 119 Å². The first-order valence-corrected chi connectivity index (χ1v) is 7.88. The van der Waals surface area contributed by atoms with Gasteiger partial charge in [-0.3, -0.25) is 0 Å². The number of rotatable bonds is 5. The van der Waals surface area contributed by atoms with Crippen molar-refractivity contribution >= 4 is 17.4 Å². The summed E-state index contributed by atoms with van der Waals surface area (Å²) < 4.78 is 5.77. The molecule has 0 aliphatic carbocycles. The third kappa shape index (κ3) is 3.57. The molecule has 0 fully saturated rings. The predicted molar refractivity (Wildman–Crippen MR) is 83.9 cm³/mol. The predicted octanol–water partition coefficient (Wildman–Crippen LogP) is 4.68. The van der Waals surface area contributed by atoms with Gasteiger partial charge in [0.1, 0.15) is 11.5 Å². The van der Waals surface area contributed by atoms with Crippen LogP contribution in [-0.2, 0) is 12.3 Å². The van der Waals surface area contributed by atoms with Crippen molar-refractivity contribution in [3.8, 4) is 0 Å². The lowest BCUT2D eigenvalue weighted by Crippen LogP contribution is -2.02. The van der Waals surface area contributed by atoms with E-state index in [9.17, 15) is 0 Å². The average molecular weight is 275 g/mol. The average Bonchev–Trinajstić information content (AvgIpc) is 2.76. The highest BCUT2D eigenvalue weighted by atomic mass is 32.2. The molecule has 0 atom stereocenters. The molecule has 1 aromatic carbocycles. The zero-order valence-electron chi connectivity index (χ0n) is 12.0. The monoisotopic (exact) mass is 275 g/mol. The van der Waals surface area contributed by atoms with E-state index in [0.29, 0.717) is 0 Å². The Balaban J connectivity index is 2.05. The zero-order chi connectivity index (χ0) is 13.8. The van der Waals surface area contributed by atoms with Gasteiger partial charge in [-0.15, -0.1) is 0 Å². The Morgan fingerprint density at radius 3 is 2.32 bits per heavy atom. The lowest BCUT2D eigenvalue weighted by Gasteiger charge is -2.12. The van der Waals surface area contributed by atoms with Crippen LogP contribution in [0.4, 0.5) is 5.69 Å². The van der Waals surface area contributed by atoms with Crippen LogP contribution < -0.4 is 5.32 Å². The van der Waals surface area contributed by atoms with Gasteiger partial charge in [0.15, 0.2) is 0 Å². The SMILES string of the molecule is CSCc1ccc(CNc2c(C)cc(C)cc2C)o1. The normalized spacial score (nSPS) is 10.7. The summed E-state index contributed by atoms with van der Waals surface area (Å²) in [5.74, 6) is 2.97. The van der Waals surface area contributed by atoms with E-state index >= 15 is 0 Å². The molecule has 1 N–H and O–H groups in total. The molecule has 3 heteroatoms. The van der Waals surface area contributed by atoms with Crippen molar-refractivity contribution in [3.63, 3.8) is 0 Å². The lowest BCUT2D eigenvalue weighted by atomic mass is 10.1. The van der Waals surface area contributed by atoms with Gasteiger partial charge in [-0.25, -0.2) is 0 Å². The van der Waals surface area contributed by atoms with E-state index in [1.807, 2.05) is 0 Å². The van der Waals surface area contributed by atoms with E-state index in [-0.39, 0.29) is 0 Å². The Bertz CT molecular complexity index is 537. The van der Waals surface area contributed by atoms with Gasteiger partial charge in [-0.1, -0.05) is 17.7 Å². The van der Waals surface area contributed by atoms with Crippen LogP contribution in [-0.4, -0.2) is 6.26 Å². The minimum Gasteiger partial charge on any atom is -0.463 e. The molecule has 19 heavy (non-hydrogen) atoms. The second-order valence-corrected chi connectivity index (χ2v) is 5.79. The van der Waals surface area contributed by atoms with Gasteiger partial charge in [0.05, 0.1) is 12.3 Å². The molecule has 0 saturated carbocycles. The summed E-state index contributed by atoms with van der Waals surface area (Å²) >= 11 is 1.77. The fourth-order valence-corrected chi connectivity index (χ4v) is 2.81. The Kier molecular flexibility index (Phi) is 4.59. The van der Waals surface area contributed by atoms with Crippen LogP contribution in [0.1, 0.15) is 28.2 Å². The molecule has 0 saturated heterocycles. The van der Waals surface area contributed by atoms with Gasteiger partial charge in [-0.05, 0) is 50.3 Å². The highest BCUT2D eigenvalue weighted by molar-refractivity contribution is 7.97. The molecule has 0 spiro atoms. The van der Waals surface area contributed by atoms with E-state index in [2.05, 4.69) is 56.6 Å². The summed E-state index contributed by atoms with van der Waals surface area (Å²) in [7, 11) is 0. The maximum Gasteiger partial charge on any atom is 0.123 e. The van der Waals surface area contributed by atoms with Gasteiger partial charge in [0, 0.05) is 5.69 Å². The number of nitrogens with one attached hydrogen (secondary N) is 1. The fourth-order valence-electron chi connectivity index (χ4n) is 2.37. The third-order valence-corrected chi connectivity index (χ3v) is 3.69. The molecule has 0 bridgehead atoms. The lowest BCUT2D eigenvalue weighted by molar-refractivity contribution is 0.487. The van der Waals surface area contributed by atoms with Crippen molar-refractivity contribution in [1.82, 2.24) is 0 Å². The van der Waals surface area contributed by atoms with E-state index in [1.54, 1.807) is 11.8 Å². The number of benzene rings is 1. The van der Waals surface area contributed by atoms with Crippen LogP contribution in [0.2, 0.25) is 0 Å². The minimum absolute atomic E-state index is 0.735. The van der Waals surface area contributed by atoms with E-state index in [4.69, 9.17) is 4.42 Å². The van der Waals surface area contributed by atoms with Crippen molar-refractivity contribution in [1.29, 1.82) is 0 Å². The van der Waals surface area contributed by atoms with Crippen molar-refractivity contribution in [3.05, 3.63) is 52.5 Å². The fraction of sp³-hybridized carbons (Fsp3) is 0.375. The van der Waals surface area contributed by atoms with Crippen molar-refractivity contribution in [2.75, 3.05) is 11.6 Å². The van der Waals surface area contributed by atoms with Crippen molar-refractivity contribution in [2.45, 2.75) is 33.1 Å². The minimum atomic E-state index is 0.735. The second kappa shape index (κ2) is 6.20. The van der Waals surface area contributed by atoms with Gasteiger partial charge < -0.3 is 9.73 Å². The van der Waals surface area contributed by atoms with Gasteiger partial charge in [-0.2, -0.15) is 11.8 Å². The van der Waals surface area contributed by atoms with Crippen LogP contribution in [0, 0.1) is 20.8 Å². The van der Waals surface area contributed by atoms with Gasteiger partial charge >= 0.3 is 0 Å². The van der Waals surface area contributed by atoms with Crippen LogP contribution in [0.15, 0.2) is 28.7 Å². The Morgan fingerprint density at radius 2 is 1.68 bits per heavy atom. The van der Waals surface area contributed by atoms with E-state index < -0.39 is 0 Å². The van der Waals surface area contributed by atoms with Crippen LogP contribution in [0.25, 0.3) is 0 Å². The Morgan fingerprint density at radius 1 is 1.05 bits per heavy atom. The van der Waals surface area contributed by atoms with E-state index in [1.165, 1.54) is 22.4 Å². The molecule has 0 radical (unpaired) electrons. The molecule has 0 aliphatic heterocycles. The number of furan rings is 1. The number of aryl methyl sites for hydroxylation is 3. The summed E-state index contributed by atoms with van der Waals surface area (Å²) in [6.45, 7) is 7.15. The molecule has 102 valence electrons. The summed E-state index contributed by atoms with van der Waals surface area (Å²) in [6.07, 6.45) is 2.08. The topological polar surface area (TPSA) is 25.2 Å². The van der Waals surface area contributed by atoms with Crippen LogP contribution >= 0.6 is 11.8 Å². The van der Waals surface area contributed by atoms with Crippen molar-refractivity contribution < 1.29 is 4.42 Å². The van der Waals surface area contributed by atoms with Gasteiger partial charge in [0.2, 0.25) is 0 Å². The smallest absolute Gasteiger partial charge is 0.123 e. The maximum absolute atomic E-state index is 5.77. The Hall–Kier alpha value is -1.35. The summed E-state index contributed by atoms with van der Waals surface area (Å²) in [5.41, 5.74) is 5.09. The molecule has 2 aromatic rings. The first-order chi connectivity index (χ1) is 9.10. The standard InChI is InChI=1S/C16H21NOS/c1-11-7-12(2)16(13(3)8-11)17-9-14-5-6-15(18-14)10-19-4/h5-8,17H,9-10H2,1-4H3. The third-order valence-electron chi connectivity index (χ3n) is 3.12. The maximum atomic E-state index is 5.77. The summed E-state index contributed by atoms with van der Waals surface area (Å²) in [5, 5.41) is 3.48. The number of hydrogen-bond donors (Lipinski definition) is 1. The molecule has 0 aliphatic rings. The number of anilines is 1. The van der Waals surface area contributed by atoms with E-state index in [0.717, 1.165) is 23.8 Å². The largest absolute Gasteiger partial charge is 0.463 e. The molecule has 1 heterocycles. The quantitative estimate of drug-likeness (QED) is 0.857.